The van der Waals surface area contributed by atoms with Crippen LogP contribution in [-0.4, -0.2) is 26.8 Å². The third-order valence-corrected chi connectivity index (χ3v) is 3.81. The quantitative estimate of drug-likeness (QED) is 0.643. The summed E-state index contributed by atoms with van der Waals surface area (Å²) < 4.78 is 1.70. The molecule has 118 valence electrons. The second kappa shape index (κ2) is 5.81. The molecular formula is C15H12N3O4S-. The van der Waals surface area contributed by atoms with Crippen LogP contribution < -0.4 is 10.7 Å². The molecule has 0 amide bonds. The number of aliphatic imine (C=N–C) groups is 1. The minimum absolute atomic E-state index is 0.00878. The Hall–Kier alpha value is -2.74. The molecule has 23 heavy (non-hydrogen) atoms. The van der Waals surface area contributed by atoms with Gasteiger partial charge in [-0.25, -0.2) is 0 Å². The maximum Gasteiger partial charge on any atom is 0.264 e. The van der Waals surface area contributed by atoms with Gasteiger partial charge in [0.05, 0.1) is 11.7 Å². The summed E-state index contributed by atoms with van der Waals surface area (Å²) in [5, 5.41) is 20.9. The molecule has 0 spiro atoms. The summed E-state index contributed by atoms with van der Waals surface area (Å²) in [4.78, 5) is 29.2. The first-order valence-corrected chi connectivity index (χ1v) is 7.31. The fourth-order valence-electron chi connectivity index (χ4n) is 2.16. The highest BCUT2D eigenvalue weighted by Crippen LogP contribution is 2.37. The molecule has 1 aliphatic rings. The van der Waals surface area contributed by atoms with Gasteiger partial charge < -0.3 is 15.0 Å². The van der Waals surface area contributed by atoms with E-state index in [2.05, 4.69) is 9.98 Å². The molecule has 1 aliphatic carbocycles. The SMILES string of the molecule is O=C([O-])c1ccc(N=Cc2c(O)n(C3CC3)c(=S)[nH]c2=O)cc1. The summed E-state index contributed by atoms with van der Waals surface area (Å²) >= 11 is 5.06. The molecule has 1 heterocycles. The molecule has 2 aromatic rings. The number of carboxylic acids is 1. The largest absolute Gasteiger partial charge is 0.545 e. The zero-order valence-electron chi connectivity index (χ0n) is 11.9. The normalized spacial score (nSPS) is 14.3. The molecule has 2 N–H and O–H groups in total. The van der Waals surface area contributed by atoms with Crippen LogP contribution in [0, 0.1) is 4.77 Å². The van der Waals surface area contributed by atoms with E-state index in [-0.39, 0.29) is 27.8 Å². The number of benzene rings is 1. The second-order valence-electron chi connectivity index (χ2n) is 5.19. The van der Waals surface area contributed by atoms with Crippen molar-refractivity contribution in [3.05, 3.63) is 50.5 Å². The molecule has 0 unspecified atom stereocenters. The van der Waals surface area contributed by atoms with Crippen molar-refractivity contribution in [2.24, 2.45) is 4.99 Å². The van der Waals surface area contributed by atoms with Crippen LogP contribution in [0.2, 0.25) is 0 Å². The lowest BCUT2D eigenvalue weighted by atomic mass is 10.2. The number of rotatable bonds is 4. The number of aromatic hydroxyl groups is 1. The summed E-state index contributed by atoms with van der Waals surface area (Å²) in [7, 11) is 0. The lowest BCUT2D eigenvalue weighted by Crippen LogP contribution is -2.21. The molecule has 3 rings (SSSR count). The molecular weight excluding hydrogens is 318 g/mol. The highest BCUT2D eigenvalue weighted by molar-refractivity contribution is 7.71. The number of nitrogens with zero attached hydrogens (tertiary/aromatic N) is 2. The molecule has 8 heteroatoms. The van der Waals surface area contributed by atoms with Gasteiger partial charge in [0.2, 0.25) is 5.88 Å². The van der Waals surface area contributed by atoms with Crippen LogP contribution >= 0.6 is 12.2 Å². The maximum atomic E-state index is 11.9. The van der Waals surface area contributed by atoms with Gasteiger partial charge in [-0.15, -0.1) is 0 Å². The summed E-state index contributed by atoms with van der Waals surface area (Å²) in [6.07, 6.45) is 3.03. The van der Waals surface area contributed by atoms with E-state index in [4.69, 9.17) is 12.2 Å². The van der Waals surface area contributed by atoms with E-state index in [0.29, 0.717) is 5.69 Å². The van der Waals surface area contributed by atoms with E-state index >= 15 is 0 Å². The van der Waals surface area contributed by atoms with Gasteiger partial charge in [0.1, 0.15) is 5.56 Å². The Balaban J connectivity index is 1.96. The molecule has 1 fully saturated rings. The van der Waals surface area contributed by atoms with Crippen LogP contribution in [0.15, 0.2) is 34.1 Å². The van der Waals surface area contributed by atoms with Crippen LogP contribution in [0.4, 0.5) is 5.69 Å². The molecule has 1 aromatic carbocycles. The third-order valence-electron chi connectivity index (χ3n) is 3.51. The van der Waals surface area contributed by atoms with Gasteiger partial charge in [0.25, 0.3) is 5.56 Å². The minimum atomic E-state index is -1.28. The monoisotopic (exact) mass is 330 g/mol. The Morgan fingerprint density at radius 1 is 1.39 bits per heavy atom. The highest BCUT2D eigenvalue weighted by Gasteiger charge is 2.27. The fraction of sp³-hybridized carbons (Fsp3) is 0.200. The van der Waals surface area contributed by atoms with E-state index < -0.39 is 11.5 Å². The van der Waals surface area contributed by atoms with Gasteiger partial charge >= 0.3 is 0 Å². The number of carbonyl (C=O) groups excluding carboxylic acids is 1. The summed E-state index contributed by atoms with van der Waals surface area (Å²) in [6, 6.07) is 5.76. The molecule has 0 aliphatic heterocycles. The predicted octanol–water partition coefficient (Wildman–Crippen LogP) is 1.06. The molecule has 0 radical (unpaired) electrons. The van der Waals surface area contributed by atoms with Gasteiger partial charge in [-0.3, -0.25) is 19.3 Å². The molecule has 7 nitrogen and oxygen atoms in total. The average molecular weight is 330 g/mol. The topological polar surface area (TPSA) is 111 Å². The number of carbonyl (C=O) groups is 1. The first-order chi connectivity index (χ1) is 11.0. The lowest BCUT2D eigenvalue weighted by Gasteiger charge is -2.09. The van der Waals surface area contributed by atoms with Gasteiger partial charge in [-0.2, -0.15) is 0 Å². The average Bonchev–Trinajstić information content (AvgIpc) is 3.31. The smallest absolute Gasteiger partial charge is 0.264 e. The second-order valence-corrected chi connectivity index (χ2v) is 5.58. The van der Waals surface area contributed by atoms with Crippen molar-refractivity contribution in [2.75, 3.05) is 0 Å². The van der Waals surface area contributed by atoms with Crippen molar-refractivity contribution < 1.29 is 15.0 Å². The number of carboxylic acid groups (broad SMARTS) is 1. The van der Waals surface area contributed by atoms with Gasteiger partial charge in [0.15, 0.2) is 4.77 Å². The van der Waals surface area contributed by atoms with Crippen LogP contribution in [-0.2, 0) is 0 Å². The van der Waals surface area contributed by atoms with Crippen LogP contribution in [0.3, 0.4) is 0 Å². The number of hydrogen-bond donors (Lipinski definition) is 2. The van der Waals surface area contributed by atoms with E-state index in [1.807, 2.05) is 0 Å². The summed E-state index contributed by atoms with van der Waals surface area (Å²) in [6.45, 7) is 0. The molecule has 1 aromatic heterocycles. The zero-order valence-corrected chi connectivity index (χ0v) is 12.7. The van der Waals surface area contributed by atoms with E-state index in [1.165, 1.54) is 35.0 Å². The number of hydrogen-bond acceptors (Lipinski definition) is 6. The molecule has 0 bridgehead atoms. The van der Waals surface area contributed by atoms with Crippen molar-refractivity contribution in [3.63, 3.8) is 0 Å². The number of H-pyrrole nitrogens is 1. The van der Waals surface area contributed by atoms with E-state index in [0.717, 1.165) is 12.8 Å². The van der Waals surface area contributed by atoms with E-state index in [1.54, 1.807) is 0 Å². The molecule has 0 saturated heterocycles. The fourth-order valence-corrected chi connectivity index (χ4v) is 2.49. The van der Waals surface area contributed by atoms with Crippen molar-refractivity contribution in [1.82, 2.24) is 9.55 Å². The van der Waals surface area contributed by atoms with Crippen molar-refractivity contribution >= 4 is 30.1 Å². The highest BCUT2D eigenvalue weighted by atomic mass is 32.1. The van der Waals surface area contributed by atoms with Crippen molar-refractivity contribution in [1.29, 1.82) is 0 Å². The van der Waals surface area contributed by atoms with Gasteiger partial charge in [-0.05, 0) is 42.8 Å². The Labute approximate surface area is 135 Å². The van der Waals surface area contributed by atoms with E-state index in [9.17, 15) is 19.8 Å². The van der Waals surface area contributed by atoms with Gasteiger partial charge in [-0.1, -0.05) is 12.1 Å². The van der Waals surface area contributed by atoms with Crippen molar-refractivity contribution in [2.45, 2.75) is 18.9 Å². The standard InChI is InChI=1S/C15H13N3O4S/c19-12-11(13(20)18(10-5-6-10)15(23)17-12)7-16-9-3-1-8(2-4-9)14(21)22/h1-4,7,10,20H,5-6H2,(H,21,22)(H,17,19,23)/p-1. The lowest BCUT2D eigenvalue weighted by molar-refractivity contribution is -0.255. The number of aromatic carboxylic acids is 1. The zero-order chi connectivity index (χ0) is 16.6. The minimum Gasteiger partial charge on any atom is -0.545 e. The Kier molecular flexibility index (Phi) is 3.83. The Bertz CT molecular complexity index is 908. The van der Waals surface area contributed by atoms with Crippen LogP contribution in [0.1, 0.15) is 34.8 Å². The maximum absolute atomic E-state index is 11.9. The summed E-state index contributed by atoms with van der Waals surface area (Å²) in [5.41, 5.74) is -0.0464. The number of aromatic amines is 1. The van der Waals surface area contributed by atoms with Crippen LogP contribution in [0.25, 0.3) is 0 Å². The Morgan fingerprint density at radius 3 is 2.61 bits per heavy atom. The Morgan fingerprint density at radius 2 is 2.04 bits per heavy atom. The third kappa shape index (κ3) is 3.07. The molecule has 1 saturated carbocycles. The number of aromatic nitrogens is 2. The number of nitrogens with one attached hydrogen (secondary N) is 1. The first-order valence-electron chi connectivity index (χ1n) is 6.90. The predicted molar refractivity (Wildman–Crippen MR) is 83.8 cm³/mol. The summed E-state index contributed by atoms with van der Waals surface area (Å²) in [5.74, 6) is -1.49. The molecule has 0 atom stereocenters. The van der Waals surface area contributed by atoms with Crippen molar-refractivity contribution in [3.8, 4) is 5.88 Å². The first kappa shape index (κ1) is 15.2. The van der Waals surface area contributed by atoms with Crippen LogP contribution in [0.5, 0.6) is 5.88 Å². The van der Waals surface area contributed by atoms with Gasteiger partial charge in [0, 0.05) is 12.3 Å².